The maximum Gasteiger partial charge on any atom is 0.325 e. The lowest BCUT2D eigenvalue weighted by molar-refractivity contribution is -0.156. The molecule has 1 aromatic carbocycles. The SMILES string of the molecule is CCOC(=O)C(C(=O)OCC)c1cnn(Cc2ccc(OC)cc2)c(=O)c1Cl. The summed E-state index contributed by atoms with van der Waals surface area (Å²) in [5.74, 6) is -2.48. The molecule has 9 heteroatoms. The third kappa shape index (κ3) is 4.89. The minimum atomic E-state index is -1.47. The van der Waals surface area contributed by atoms with Gasteiger partial charge in [-0.15, -0.1) is 0 Å². The number of nitrogens with zero attached hydrogens (tertiary/aromatic N) is 2. The predicted octanol–water partition coefficient (Wildman–Crippen LogP) is 2.16. The van der Waals surface area contributed by atoms with Gasteiger partial charge in [-0.25, -0.2) is 4.68 Å². The Morgan fingerprint density at radius 2 is 1.68 bits per heavy atom. The van der Waals surface area contributed by atoms with E-state index in [0.29, 0.717) is 5.75 Å². The minimum absolute atomic E-state index is 0.0467. The fourth-order valence-corrected chi connectivity index (χ4v) is 2.75. The molecule has 28 heavy (non-hydrogen) atoms. The van der Waals surface area contributed by atoms with Gasteiger partial charge in [0.15, 0.2) is 5.92 Å². The molecule has 0 saturated carbocycles. The van der Waals surface area contributed by atoms with Gasteiger partial charge >= 0.3 is 11.9 Å². The maximum atomic E-state index is 12.6. The molecule has 0 N–H and O–H groups in total. The number of esters is 2. The minimum Gasteiger partial charge on any atom is -0.497 e. The average molecular weight is 409 g/mol. The summed E-state index contributed by atoms with van der Waals surface area (Å²) >= 11 is 6.19. The van der Waals surface area contributed by atoms with E-state index in [-0.39, 0.29) is 30.3 Å². The lowest BCUT2D eigenvalue weighted by Gasteiger charge is -2.16. The number of hydrogen-bond acceptors (Lipinski definition) is 7. The van der Waals surface area contributed by atoms with E-state index in [1.54, 1.807) is 45.2 Å². The quantitative estimate of drug-likeness (QED) is 0.487. The van der Waals surface area contributed by atoms with E-state index in [1.807, 2.05) is 0 Å². The first-order valence-electron chi connectivity index (χ1n) is 8.64. The van der Waals surface area contributed by atoms with Crippen molar-refractivity contribution in [2.45, 2.75) is 26.3 Å². The van der Waals surface area contributed by atoms with Crippen molar-refractivity contribution in [3.8, 4) is 5.75 Å². The van der Waals surface area contributed by atoms with Crippen LogP contribution in [0.25, 0.3) is 0 Å². The number of carbonyl (C=O) groups is 2. The molecule has 8 nitrogen and oxygen atoms in total. The summed E-state index contributed by atoms with van der Waals surface area (Å²) in [4.78, 5) is 37.1. The van der Waals surface area contributed by atoms with Gasteiger partial charge in [-0.05, 0) is 31.5 Å². The van der Waals surface area contributed by atoms with E-state index in [2.05, 4.69) is 5.10 Å². The van der Waals surface area contributed by atoms with E-state index in [9.17, 15) is 14.4 Å². The normalized spacial score (nSPS) is 10.6. The van der Waals surface area contributed by atoms with E-state index < -0.39 is 23.4 Å². The van der Waals surface area contributed by atoms with Crippen LogP contribution in [0.3, 0.4) is 0 Å². The van der Waals surface area contributed by atoms with Gasteiger partial charge in [-0.3, -0.25) is 14.4 Å². The van der Waals surface area contributed by atoms with Crippen LogP contribution < -0.4 is 10.3 Å². The highest BCUT2D eigenvalue weighted by Gasteiger charge is 2.34. The van der Waals surface area contributed by atoms with Crippen LogP contribution in [0.15, 0.2) is 35.3 Å². The number of methoxy groups -OCH3 is 1. The molecule has 0 radical (unpaired) electrons. The number of ether oxygens (including phenoxy) is 3. The molecule has 2 aromatic rings. The molecular weight excluding hydrogens is 388 g/mol. The lowest BCUT2D eigenvalue weighted by atomic mass is 10.0. The Hall–Kier alpha value is -2.87. The first-order valence-corrected chi connectivity index (χ1v) is 9.02. The predicted molar refractivity (Wildman–Crippen MR) is 102 cm³/mol. The second-order valence-electron chi connectivity index (χ2n) is 5.66. The summed E-state index contributed by atoms with van der Waals surface area (Å²) < 4.78 is 16.1. The highest BCUT2D eigenvalue weighted by atomic mass is 35.5. The first-order chi connectivity index (χ1) is 13.4. The van der Waals surface area contributed by atoms with Gasteiger partial charge in [-0.1, -0.05) is 23.7 Å². The van der Waals surface area contributed by atoms with Crippen molar-refractivity contribution in [1.82, 2.24) is 9.78 Å². The molecule has 0 aliphatic heterocycles. The van der Waals surface area contributed by atoms with E-state index in [4.69, 9.17) is 25.8 Å². The molecule has 150 valence electrons. The van der Waals surface area contributed by atoms with Crippen molar-refractivity contribution >= 4 is 23.5 Å². The number of hydrogen-bond donors (Lipinski definition) is 0. The second-order valence-corrected chi connectivity index (χ2v) is 6.04. The Morgan fingerprint density at radius 1 is 1.11 bits per heavy atom. The van der Waals surface area contributed by atoms with Crippen LogP contribution in [0.2, 0.25) is 5.02 Å². The van der Waals surface area contributed by atoms with Crippen molar-refractivity contribution < 1.29 is 23.8 Å². The molecule has 0 aliphatic rings. The Morgan fingerprint density at radius 3 is 2.18 bits per heavy atom. The van der Waals surface area contributed by atoms with Gasteiger partial charge in [0, 0.05) is 5.56 Å². The van der Waals surface area contributed by atoms with Gasteiger partial charge in [0.1, 0.15) is 10.8 Å². The lowest BCUT2D eigenvalue weighted by Crippen LogP contribution is -2.31. The number of carbonyl (C=O) groups excluding carboxylic acids is 2. The van der Waals surface area contributed by atoms with Crippen LogP contribution in [-0.4, -0.2) is 42.0 Å². The zero-order valence-electron chi connectivity index (χ0n) is 15.8. The summed E-state index contributed by atoms with van der Waals surface area (Å²) in [6.07, 6.45) is 1.21. The third-order valence-corrected chi connectivity index (χ3v) is 4.24. The fraction of sp³-hybridized carbons (Fsp3) is 0.368. The molecule has 0 fully saturated rings. The van der Waals surface area contributed by atoms with Crippen LogP contribution in [0.1, 0.15) is 30.9 Å². The molecular formula is C19H21ClN2O6. The molecule has 1 heterocycles. The number of halogens is 1. The van der Waals surface area contributed by atoms with Crippen LogP contribution in [0.4, 0.5) is 0 Å². The average Bonchev–Trinajstić information content (AvgIpc) is 2.68. The summed E-state index contributed by atoms with van der Waals surface area (Å²) in [6, 6.07) is 7.09. The topological polar surface area (TPSA) is 96.7 Å². The van der Waals surface area contributed by atoms with Crippen molar-refractivity contribution in [1.29, 1.82) is 0 Å². The van der Waals surface area contributed by atoms with Crippen LogP contribution >= 0.6 is 11.6 Å². The molecule has 0 spiro atoms. The summed E-state index contributed by atoms with van der Waals surface area (Å²) in [6.45, 7) is 3.49. The van der Waals surface area contributed by atoms with E-state index >= 15 is 0 Å². The molecule has 2 rings (SSSR count). The van der Waals surface area contributed by atoms with Crippen LogP contribution in [-0.2, 0) is 25.6 Å². The summed E-state index contributed by atoms with van der Waals surface area (Å²) in [5.41, 5.74) is 0.120. The number of aromatic nitrogens is 2. The molecule has 1 aromatic heterocycles. The van der Waals surface area contributed by atoms with Crippen LogP contribution in [0, 0.1) is 0 Å². The Labute approximate surface area is 167 Å². The van der Waals surface area contributed by atoms with Gasteiger partial charge in [0.2, 0.25) is 0 Å². The molecule has 0 bridgehead atoms. The van der Waals surface area contributed by atoms with Gasteiger partial charge in [0.25, 0.3) is 5.56 Å². The zero-order chi connectivity index (χ0) is 20.7. The first kappa shape index (κ1) is 21.4. The van der Waals surface area contributed by atoms with E-state index in [0.717, 1.165) is 10.2 Å². The summed E-state index contributed by atoms with van der Waals surface area (Å²) in [5, 5.41) is 3.77. The third-order valence-electron chi connectivity index (χ3n) is 3.86. The van der Waals surface area contributed by atoms with Gasteiger partial charge in [-0.2, -0.15) is 5.10 Å². The molecule has 0 atom stereocenters. The molecule has 0 aliphatic carbocycles. The van der Waals surface area contributed by atoms with Crippen molar-refractivity contribution in [2.24, 2.45) is 0 Å². The number of rotatable bonds is 8. The highest BCUT2D eigenvalue weighted by Crippen LogP contribution is 2.24. The Kier molecular flexibility index (Phi) is 7.57. The number of benzene rings is 1. The van der Waals surface area contributed by atoms with Crippen LogP contribution in [0.5, 0.6) is 5.75 Å². The Balaban J connectivity index is 2.37. The summed E-state index contributed by atoms with van der Waals surface area (Å²) in [7, 11) is 1.56. The van der Waals surface area contributed by atoms with Crippen molar-refractivity contribution in [3.63, 3.8) is 0 Å². The standard InChI is InChI=1S/C19H21ClN2O6/c1-4-27-18(24)15(19(25)28-5-2)14-10-21-22(17(23)16(14)20)11-12-6-8-13(26-3)9-7-12/h6-10,15H,4-5,11H2,1-3H3. The Bertz CT molecular complexity index is 876. The highest BCUT2D eigenvalue weighted by molar-refractivity contribution is 6.31. The second kappa shape index (κ2) is 9.89. The van der Waals surface area contributed by atoms with Crippen molar-refractivity contribution in [3.05, 3.63) is 57.0 Å². The van der Waals surface area contributed by atoms with Gasteiger partial charge in [0.05, 0.1) is 33.1 Å². The molecule has 0 amide bonds. The maximum absolute atomic E-state index is 12.6. The smallest absolute Gasteiger partial charge is 0.325 e. The van der Waals surface area contributed by atoms with Crippen molar-refractivity contribution in [2.75, 3.05) is 20.3 Å². The largest absolute Gasteiger partial charge is 0.497 e. The van der Waals surface area contributed by atoms with Gasteiger partial charge < -0.3 is 14.2 Å². The monoisotopic (exact) mass is 408 g/mol. The molecule has 0 unspecified atom stereocenters. The fourth-order valence-electron chi connectivity index (χ4n) is 2.50. The zero-order valence-corrected chi connectivity index (χ0v) is 16.6. The molecule has 0 saturated heterocycles. The van der Waals surface area contributed by atoms with E-state index in [1.165, 1.54) is 6.20 Å².